The van der Waals surface area contributed by atoms with Gasteiger partial charge in [0, 0.05) is 0 Å². The number of carboxylic acid groups (broad SMARTS) is 1. The average molecular weight is 163 g/mol. The molecule has 4 heteroatoms. The lowest BCUT2D eigenvalue weighted by atomic mass is 10.2. The highest BCUT2D eigenvalue weighted by Crippen LogP contribution is 2.21. The molecule has 0 heterocycles. The van der Waals surface area contributed by atoms with Gasteiger partial charge in [-0.15, -0.1) is 11.8 Å². The second kappa shape index (κ2) is 3.83. The summed E-state index contributed by atoms with van der Waals surface area (Å²) in [5.41, 5.74) is 5.51. The lowest BCUT2D eigenvalue weighted by molar-refractivity contribution is -0.139. The molecule has 0 fully saturated rings. The van der Waals surface area contributed by atoms with Crippen LogP contribution in [0.5, 0.6) is 0 Å². The fourth-order valence-electron chi connectivity index (χ4n) is 0.668. The number of aliphatic carboxylic acids is 1. The molecular weight excluding hydrogens is 150 g/mol. The maximum atomic E-state index is 10.5. The third kappa shape index (κ3) is 2.19. The van der Waals surface area contributed by atoms with Gasteiger partial charge < -0.3 is 10.8 Å². The van der Waals surface area contributed by atoms with E-state index in [0.717, 1.165) is 6.42 Å². The van der Waals surface area contributed by atoms with Crippen LogP contribution in [0.15, 0.2) is 0 Å². The first-order chi connectivity index (χ1) is 4.56. The summed E-state index contributed by atoms with van der Waals surface area (Å²) in [5, 5.41) is 8.62. The maximum Gasteiger partial charge on any atom is 0.334 e. The monoisotopic (exact) mass is 163 g/mol. The number of hydrogen-bond donors (Lipinski definition) is 2. The van der Waals surface area contributed by atoms with Crippen molar-refractivity contribution in [2.24, 2.45) is 5.73 Å². The van der Waals surface area contributed by atoms with Gasteiger partial charge in [-0.05, 0) is 12.7 Å². The van der Waals surface area contributed by atoms with E-state index in [9.17, 15) is 4.79 Å². The molecule has 3 N–H and O–H groups in total. The van der Waals surface area contributed by atoms with E-state index < -0.39 is 10.8 Å². The van der Waals surface area contributed by atoms with Crippen molar-refractivity contribution >= 4 is 17.7 Å². The number of hydrogen-bond acceptors (Lipinski definition) is 3. The molecule has 60 valence electrons. The van der Waals surface area contributed by atoms with E-state index in [-0.39, 0.29) is 0 Å². The zero-order chi connectivity index (χ0) is 8.20. The fourth-order valence-corrected chi connectivity index (χ4v) is 1.25. The van der Waals surface area contributed by atoms with Gasteiger partial charge in [0.1, 0.15) is 0 Å². The molecule has 0 unspecified atom stereocenters. The van der Waals surface area contributed by atoms with Gasteiger partial charge in [0.15, 0.2) is 4.87 Å². The first kappa shape index (κ1) is 9.78. The molecule has 1 atom stereocenters. The van der Waals surface area contributed by atoms with E-state index in [0.29, 0.717) is 6.42 Å². The lowest BCUT2D eigenvalue weighted by Gasteiger charge is -2.20. The molecule has 0 aliphatic rings. The summed E-state index contributed by atoms with van der Waals surface area (Å²) in [4.78, 5) is 9.42. The molecule has 0 aliphatic carbocycles. The minimum absolute atomic E-state index is 0.517. The quantitative estimate of drug-likeness (QED) is 0.604. The Morgan fingerprint density at radius 3 is 2.40 bits per heavy atom. The van der Waals surface area contributed by atoms with E-state index in [2.05, 4.69) is 0 Å². The van der Waals surface area contributed by atoms with Gasteiger partial charge >= 0.3 is 5.97 Å². The molecule has 0 saturated carbocycles. The Labute approximate surface area is 65.0 Å². The third-order valence-corrected chi connectivity index (χ3v) is 2.45. The van der Waals surface area contributed by atoms with Crippen molar-refractivity contribution in [1.29, 1.82) is 0 Å². The Hall–Kier alpha value is -0.220. The van der Waals surface area contributed by atoms with Crippen LogP contribution in [-0.4, -0.2) is 22.2 Å². The molecule has 0 aliphatic heterocycles. The van der Waals surface area contributed by atoms with Gasteiger partial charge in [0.05, 0.1) is 0 Å². The molecule has 0 rings (SSSR count). The summed E-state index contributed by atoms with van der Waals surface area (Å²) in [5.74, 6) is -0.929. The zero-order valence-electron chi connectivity index (χ0n) is 6.26. The van der Waals surface area contributed by atoms with Crippen LogP contribution in [0.1, 0.15) is 19.8 Å². The van der Waals surface area contributed by atoms with Crippen LogP contribution < -0.4 is 5.73 Å². The Bertz CT molecular complexity index is 129. The summed E-state index contributed by atoms with van der Waals surface area (Å²) in [6.07, 6.45) is 3.02. The summed E-state index contributed by atoms with van der Waals surface area (Å²) in [7, 11) is 0. The molecule has 0 saturated heterocycles. The zero-order valence-corrected chi connectivity index (χ0v) is 7.07. The predicted octanol–water partition coefficient (Wildman–Crippen LogP) is 0.889. The summed E-state index contributed by atoms with van der Waals surface area (Å²) >= 11 is 1.18. The largest absolute Gasteiger partial charge is 0.479 e. The van der Waals surface area contributed by atoms with Gasteiger partial charge in [0.2, 0.25) is 0 Å². The third-order valence-electron chi connectivity index (χ3n) is 1.35. The van der Waals surface area contributed by atoms with Crippen LogP contribution in [0, 0.1) is 0 Å². The van der Waals surface area contributed by atoms with Crippen molar-refractivity contribution in [2.75, 3.05) is 6.26 Å². The molecule has 10 heavy (non-hydrogen) atoms. The second-order valence-corrected chi connectivity index (χ2v) is 3.29. The topological polar surface area (TPSA) is 63.3 Å². The first-order valence-corrected chi connectivity index (χ1v) is 4.36. The van der Waals surface area contributed by atoms with Gasteiger partial charge in [-0.1, -0.05) is 13.3 Å². The van der Waals surface area contributed by atoms with Crippen molar-refractivity contribution in [3.05, 3.63) is 0 Å². The summed E-state index contributed by atoms with van der Waals surface area (Å²) < 4.78 is 0. The number of nitrogens with two attached hydrogens (primary N) is 1. The van der Waals surface area contributed by atoms with Gasteiger partial charge in [-0.2, -0.15) is 0 Å². The highest BCUT2D eigenvalue weighted by molar-refractivity contribution is 8.00. The van der Waals surface area contributed by atoms with Crippen molar-refractivity contribution in [1.82, 2.24) is 0 Å². The number of carbonyl (C=O) groups is 1. The molecule has 0 radical (unpaired) electrons. The lowest BCUT2D eigenvalue weighted by Crippen LogP contribution is -2.44. The van der Waals surface area contributed by atoms with Crippen LogP contribution in [-0.2, 0) is 4.79 Å². The molecule has 0 amide bonds. The molecule has 3 nitrogen and oxygen atoms in total. The molecule has 0 aromatic carbocycles. The number of carboxylic acids is 1. The summed E-state index contributed by atoms with van der Waals surface area (Å²) in [6.45, 7) is 1.92. The smallest absolute Gasteiger partial charge is 0.334 e. The highest BCUT2D eigenvalue weighted by Gasteiger charge is 2.31. The van der Waals surface area contributed by atoms with Crippen LogP contribution in [0.3, 0.4) is 0 Å². The van der Waals surface area contributed by atoms with Crippen molar-refractivity contribution in [3.63, 3.8) is 0 Å². The van der Waals surface area contributed by atoms with Gasteiger partial charge in [0.25, 0.3) is 0 Å². The molecule has 0 aromatic rings. The standard InChI is InChI=1S/C6H13NO2S/c1-3-4-6(7,10-2)5(8)9/h3-4,7H2,1-2H3,(H,8,9)/t6-/m0/s1. The average Bonchev–Trinajstić information content (AvgIpc) is 1.88. The number of rotatable bonds is 4. The minimum Gasteiger partial charge on any atom is -0.479 e. The molecular formula is C6H13NO2S. The Balaban J connectivity index is 4.08. The highest BCUT2D eigenvalue weighted by atomic mass is 32.2. The van der Waals surface area contributed by atoms with E-state index in [1.165, 1.54) is 11.8 Å². The molecule has 0 aromatic heterocycles. The predicted molar refractivity (Wildman–Crippen MR) is 43.0 cm³/mol. The Morgan fingerprint density at radius 2 is 2.30 bits per heavy atom. The van der Waals surface area contributed by atoms with E-state index in [4.69, 9.17) is 10.8 Å². The van der Waals surface area contributed by atoms with Crippen LogP contribution in [0.2, 0.25) is 0 Å². The van der Waals surface area contributed by atoms with Crippen LogP contribution in [0.25, 0.3) is 0 Å². The van der Waals surface area contributed by atoms with Gasteiger partial charge in [-0.25, -0.2) is 4.79 Å². The Kier molecular flexibility index (Phi) is 3.75. The fraction of sp³-hybridized carbons (Fsp3) is 0.833. The number of thioether (sulfide) groups is 1. The molecule has 0 bridgehead atoms. The second-order valence-electron chi connectivity index (χ2n) is 2.15. The minimum atomic E-state index is -1.07. The van der Waals surface area contributed by atoms with Crippen molar-refractivity contribution in [3.8, 4) is 0 Å². The van der Waals surface area contributed by atoms with E-state index in [1.54, 1.807) is 6.26 Å². The van der Waals surface area contributed by atoms with Crippen LogP contribution >= 0.6 is 11.8 Å². The van der Waals surface area contributed by atoms with E-state index in [1.807, 2.05) is 6.92 Å². The molecule has 0 spiro atoms. The van der Waals surface area contributed by atoms with Crippen LogP contribution in [0.4, 0.5) is 0 Å². The first-order valence-electron chi connectivity index (χ1n) is 3.14. The summed E-state index contributed by atoms with van der Waals surface area (Å²) in [6, 6.07) is 0. The Morgan fingerprint density at radius 1 is 1.80 bits per heavy atom. The SMILES string of the molecule is CCC[C@](N)(SC)C(=O)O. The van der Waals surface area contributed by atoms with Crippen molar-refractivity contribution < 1.29 is 9.90 Å². The van der Waals surface area contributed by atoms with Crippen molar-refractivity contribution in [2.45, 2.75) is 24.6 Å². The van der Waals surface area contributed by atoms with E-state index >= 15 is 0 Å². The normalized spacial score (nSPS) is 16.3. The maximum absolute atomic E-state index is 10.5. The van der Waals surface area contributed by atoms with Gasteiger partial charge in [-0.3, -0.25) is 0 Å².